The van der Waals surface area contributed by atoms with Gasteiger partial charge >= 0.3 is 0 Å². The third-order valence-electron chi connectivity index (χ3n) is 2.59. The van der Waals surface area contributed by atoms with Crippen LogP contribution in [0, 0.1) is 0 Å². The van der Waals surface area contributed by atoms with Crippen molar-refractivity contribution in [1.29, 1.82) is 0 Å². The van der Waals surface area contributed by atoms with Crippen LogP contribution in [0.3, 0.4) is 0 Å². The van der Waals surface area contributed by atoms with Crippen LogP contribution in [-0.2, 0) is 0 Å². The summed E-state index contributed by atoms with van der Waals surface area (Å²) in [5, 5.41) is 11.5. The average molecular weight is 308 g/mol. The molecule has 0 aliphatic heterocycles. The van der Waals surface area contributed by atoms with Crippen LogP contribution >= 0.6 is 0 Å². The van der Waals surface area contributed by atoms with Gasteiger partial charge in [-0.1, -0.05) is 0 Å². The van der Waals surface area contributed by atoms with Crippen LogP contribution in [0.4, 0.5) is 0 Å². The van der Waals surface area contributed by atoms with Gasteiger partial charge in [-0.3, -0.25) is 0 Å². The number of hydrogen-bond acceptors (Lipinski definition) is 5. The molecule has 0 aliphatic rings. The lowest BCUT2D eigenvalue weighted by molar-refractivity contribution is -0.633. The highest BCUT2D eigenvalue weighted by Crippen LogP contribution is 2.40. The van der Waals surface area contributed by atoms with E-state index < -0.39 is 6.10 Å². The zero-order valence-electron chi connectivity index (χ0n) is 12.2. The summed E-state index contributed by atoms with van der Waals surface area (Å²) >= 11 is 0. The SMILES string of the molecule is C[NH2+]CC(O)COc1cc(OC)c(OC)c(OC)c1.[Cl-]. The zero-order valence-corrected chi connectivity index (χ0v) is 12.9. The van der Waals surface area contributed by atoms with Gasteiger partial charge in [0.05, 0.1) is 28.4 Å². The molecule has 1 unspecified atom stereocenters. The topological polar surface area (TPSA) is 73.8 Å². The summed E-state index contributed by atoms with van der Waals surface area (Å²) in [6.45, 7) is 0.799. The summed E-state index contributed by atoms with van der Waals surface area (Å²) in [6.07, 6.45) is -0.524. The second kappa shape index (κ2) is 9.52. The van der Waals surface area contributed by atoms with Gasteiger partial charge in [0.2, 0.25) is 5.75 Å². The van der Waals surface area contributed by atoms with Crippen LogP contribution in [0.25, 0.3) is 0 Å². The minimum Gasteiger partial charge on any atom is -1.00 e. The number of halogens is 1. The Balaban J connectivity index is 0.00000361. The fraction of sp³-hybridized carbons (Fsp3) is 0.538. The molecule has 1 aromatic carbocycles. The van der Waals surface area contributed by atoms with Gasteiger partial charge in [0.1, 0.15) is 25.0 Å². The molecule has 0 saturated heterocycles. The largest absolute Gasteiger partial charge is 1.00 e. The first-order valence-corrected chi connectivity index (χ1v) is 6.04. The Morgan fingerprint density at radius 1 is 1.10 bits per heavy atom. The predicted octanol–water partition coefficient (Wildman–Crippen LogP) is -3.35. The molecule has 6 nitrogen and oxygen atoms in total. The fourth-order valence-corrected chi connectivity index (χ4v) is 1.67. The van der Waals surface area contributed by atoms with Gasteiger partial charge < -0.3 is 41.8 Å². The lowest BCUT2D eigenvalue weighted by Crippen LogP contribution is -3.00. The summed E-state index contributed by atoms with van der Waals surface area (Å²) in [5.74, 6) is 2.12. The summed E-state index contributed by atoms with van der Waals surface area (Å²) in [6, 6.07) is 3.40. The number of likely N-dealkylation sites (N-methyl/N-ethyl adjacent to an activating group) is 1. The van der Waals surface area contributed by atoms with E-state index in [1.165, 1.54) is 0 Å². The molecule has 0 amide bonds. The highest BCUT2D eigenvalue weighted by atomic mass is 35.5. The number of rotatable bonds is 8. The maximum Gasteiger partial charge on any atom is 0.203 e. The highest BCUT2D eigenvalue weighted by Gasteiger charge is 2.14. The second-order valence-electron chi connectivity index (χ2n) is 3.97. The third kappa shape index (κ3) is 4.96. The summed E-state index contributed by atoms with van der Waals surface area (Å²) in [4.78, 5) is 0. The van der Waals surface area contributed by atoms with Gasteiger partial charge in [0.15, 0.2) is 11.5 Å². The van der Waals surface area contributed by atoms with Crippen LogP contribution in [-0.4, -0.2) is 52.7 Å². The van der Waals surface area contributed by atoms with E-state index in [1.807, 2.05) is 12.4 Å². The van der Waals surface area contributed by atoms with Crippen LogP contribution in [0.2, 0.25) is 0 Å². The standard InChI is InChI=1S/C13H21NO5.ClH/c1-14-7-9(15)8-19-10-5-11(16-2)13(18-4)12(6-10)17-3;/h5-6,9,14-15H,7-8H2,1-4H3;1H. The first kappa shape index (κ1) is 18.6. The van der Waals surface area contributed by atoms with Crippen LogP contribution in [0.1, 0.15) is 0 Å². The number of aliphatic hydroxyl groups excluding tert-OH is 1. The van der Waals surface area contributed by atoms with Gasteiger partial charge in [-0.05, 0) is 0 Å². The summed E-state index contributed by atoms with van der Waals surface area (Å²) in [5.41, 5.74) is 0. The van der Waals surface area contributed by atoms with E-state index in [4.69, 9.17) is 18.9 Å². The Bertz CT molecular complexity index is 377. The van der Waals surface area contributed by atoms with Gasteiger partial charge in [0, 0.05) is 12.1 Å². The van der Waals surface area contributed by atoms with Gasteiger partial charge in [-0.2, -0.15) is 0 Å². The quantitative estimate of drug-likeness (QED) is 0.525. The van der Waals surface area contributed by atoms with Crippen molar-refractivity contribution in [2.75, 3.05) is 41.5 Å². The molecule has 3 N–H and O–H groups in total. The Labute approximate surface area is 125 Å². The molecule has 1 atom stereocenters. The molecule has 1 aromatic rings. The monoisotopic (exact) mass is 307 g/mol. The molecule has 0 bridgehead atoms. The molecular weight excluding hydrogens is 286 g/mol. The Morgan fingerprint density at radius 3 is 2.05 bits per heavy atom. The van der Waals surface area contributed by atoms with Crippen molar-refractivity contribution in [2.45, 2.75) is 6.10 Å². The van der Waals surface area contributed by atoms with Crippen LogP contribution in [0.15, 0.2) is 12.1 Å². The van der Waals surface area contributed by atoms with Crippen molar-refractivity contribution >= 4 is 0 Å². The number of aliphatic hydroxyl groups is 1. The first-order valence-electron chi connectivity index (χ1n) is 6.04. The van der Waals surface area contributed by atoms with E-state index >= 15 is 0 Å². The molecule has 1 rings (SSSR count). The summed E-state index contributed by atoms with van der Waals surface area (Å²) in [7, 11) is 6.52. The van der Waals surface area contributed by atoms with Crippen molar-refractivity contribution in [3.63, 3.8) is 0 Å². The highest BCUT2D eigenvalue weighted by molar-refractivity contribution is 5.55. The van der Waals surface area contributed by atoms with E-state index in [0.29, 0.717) is 29.5 Å². The molecule has 116 valence electrons. The molecule has 0 aliphatic carbocycles. The smallest absolute Gasteiger partial charge is 0.203 e. The number of nitrogens with two attached hydrogens (primary N) is 1. The van der Waals surface area contributed by atoms with Crippen LogP contribution in [0.5, 0.6) is 23.0 Å². The number of quaternary nitrogens is 1. The van der Waals surface area contributed by atoms with Gasteiger partial charge in [-0.25, -0.2) is 0 Å². The Kier molecular flexibility index (Phi) is 8.87. The van der Waals surface area contributed by atoms with Crippen molar-refractivity contribution < 1.29 is 41.8 Å². The molecule has 20 heavy (non-hydrogen) atoms. The number of benzene rings is 1. The zero-order chi connectivity index (χ0) is 14.3. The molecule has 0 radical (unpaired) electrons. The lowest BCUT2D eigenvalue weighted by atomic mass is 10.2. The van der Waals surface area contributed by atoms with Crippen molar-refractivity contribution in [3.05, 3.63) is 12.1 Å². The van der Waals surface area contributed by atoms with Crippen LogP contribution < -0.4 is 36.7 Å². The van der Waals surface area contributed by atoms with E-state index in [1.54, 1.807) is 33.5 Å². The Morgan fingerprint density at radius 2 is 1.65 bits per heavy atom. The van der Waals surface area contributed by atoms with E-state index in [9.17, 15) is 5.11 Å². The maximum atomic E-state index is 9.62. The summed E-state index contributed by atoms with van der Waals surface area (Å²) < 4.78 is 21.2. The van der Waals surface area contributed by atoms with E-state index in [2.05, 4.69) is 0 Å². The third-order valence-corrected chi connectivity index (χ3v) is 2.59. The minimum absolute atomic E-state index is 0. The molecule has 7 heteroatoms. The van der Waals surface area contributed by atoms with Crippen molar-refractivity contribution in [1.82, 2.24) is 0 Å². The number of ether oxygens (including phenoxy) is 4. The average Bonchev–Trinajstić information content (AvgIpc) is 2.44. The van der Waals surface area contributed by atoms with Crippen molar-refractivity contribution in [2.24, 2.45) is 0 Å². The van der Waals surface area contributed by atoms with Gasteiger partial charge in [0.25, 0.3) is 0 Å². The second-order valence-corrected chi connectivity index (χ2v) is 3.97. The fourth-order valence-electron chi connectivity index (χ4n) is 1.67. The first-order chi connectivity index (χ1) is 9.15. The molecular formula is C13H22ClNO5. The molecule has 0 fully saturated rings. The predicted molar refractivity (Wildman–Crippen MR) is 70.3 cm³/mol. The molecule has 0 heterocycles. The van der Waals surface area contributed by atoms with E-state index in [0.717, 1.165) is 0 Å². The van der Waals surface area contributed by atoms with E-state index in [-0.39, 0.29) is 19.0 Å². The lowest BCUT2D eigenvalue weighted by Gasteiger charge is -2.15. The normalized spacial score (nSPS) is 11.2. The molecule has 0 saturated carbocycles. The number of methoxy groups -OCH3 is 3. The minimum atomic E-state index is -0.524. The molecule has 0 aromatic heterocycles. The van der Waals surface area contributed by atoms with Gasteiger partial charge in [-0.15, -0.1) is 0 Å². The number of hydrogen-bond donors (Lipinski definition) is 2. The molecule has 0 spiro atoms. The maximum absolute atomic E-state index is 9.62. The van der Waals surface area contributed by atoms with Crippen molar-refractivity contribution in [3.8, 4) is 23.0 Å². The Hall–Kier alpha value is -1.37.